The molecule has 0 saturated heterocycles. The first-order chi connectivity index (χ1) is 14.9. The second kappa shape index (κ2) is 10.5. The predicted octanol–water partition coefficient (Wildman–Crippen LogP) is 6.54. The van der Waals surface area contributed by atoms with Crippen LogP contribution in [0.5, 0.6) is 17.4 Å². The van der Waals surface area contributed by atoms with E-state index in [-0.39, 0.29) is 23.2 Å². The van der Waals surface area contributed by atoms with Gasteiger partial charge in [-0.2, -0.15) is 0 Å². The van der Waals surface area contributed by atoms with Crippen LogP contribution in [0.1, 0.15) is 26.2 Å². The molecule has 3 aromatic rings. The molecule has 3 rings (SSSR count). The van der Waals surface area contributed by atoms with Crippen molar-refractivity contribution in [3.05, 3.63) is 46.4 Å². The van der Waals surface area contributed by atoms with Gasteiger partial charge in [0.05, 0.1) is 17.6 Å². The zero-order valence-corrected chi connectivity index (χ0v) is 18.8. The number of aromatic hydroxyl groups is 1. The summed E-state index contributed by atoms with van der Waals surface area (Å²) in [6.45, 7) is 2.39. The van der Waals surface area contributed by atoms with Crippen LogP contribution in [0.3, 0.4) is 0 Å². The highest BCUT2D eigenvalue weighted by Crippen LogP contribution is 2.40. The summed E-state index contributed by atoms with van der Waals surface area (Å²) in [5.41, 5.74) is 1.00. The third-order valence-electron chi connectivity index (χ3n) is 4.71. The highest BCUT2D eigenvalue weighted by Gasteiger charge is 2.18. The minimum absolute atomic E-state index is 0.0439. The number of ether oxygens (including phenoxy) is 2. The monoisotopic (exact) mass is 463 g/mol. The molecule has 0 bridgehead atoms. The lowest BCUT2D eigenvalue weighted by Crippen LogP contribution is -2.08. The number of hydrogen-bond acceptors (Lipinski definition) is 5. The lowest BCUT2D eigenvalue weighted by atomic mass is 10.2. The van der Waals surface area contributed by atoms with Gasteiger partial charge in [-0.1, -0.05) is 43.0 Å². The van der Waals surface area contributed by atoms with E-state index >= 15 is 0 Å². The van der Waals surface area contributed by atoms with E-state index in [4.69, 9.17) is 32.7 Å². The molecule has 0 aliphatic rings. The molecule has 7 nitrogen and oxygen atoms in total. The van der Waals surface area contributed by atoms with Crippen LogP contribution in [-0.2, 0) is 11.3 Å². The van der Waals surface area contributed by atoms with Gasteiger partial charge in [0.25, 0.3) is 0 Å². The second-order valence-corrected chi connectivity index (χ2v) is 7.71. The summed E-state index contributed by atoms with van der Waals surface area (Å²) in [5.74, 6) is 0.259. The van der Waals surface area contributed by atoms with Gasteiger partial charge in [-0.25, -0.2) is 0 Å². The van der Waals surface area contributed by atoms with Gasteiger partial charge in [0, 0.05) is 17.0 Å². The van der Waals surface area contributed by atoms with Gasteiger partial charge in [0.15, 0.2) is 12.3 Å². The summed E-state index contributed by atoms with van der Waals surface area (Å²) in [7, 11) is 1.56. The largest absolute Gasteiger partial charge is 0.497 e. The summed E-state index contributed by atoms with van der Waals surface area (Å²) < 4.78 is 12.4. The predicted molar refractivity (Wildman–Crippen MR) is 121 cm³/mol. The standard InChI is InChI=1S/C22H23Cl2N3O4/c1-3-4-5-10-27-18-8-7-15(30-2)12-16(18)21(22(27)29)26-25-20(28)13-31-19-9-6-14(23)11-17(19)24/h6-9,11-12,29H,3-5,10,13H2,1-2H3. The molecule has 0 radical (unpaired) electrons. The van der Waals surface area contributed by atoms with Gasteiger partial charge < -0.3 is 19.1 Å². The van der Waals surface area contributed by atoms with Crippen molar-refractivity contribution in [3.8, 4) is 17.4 Å². The van der Waals surface area contributed by atoms with Crippen LogP contribution in [0.25, 0.3) is 10.9 Å². The zero-order chi connectivity index (χ0) is 22.4. The van der Waals surface area contributed by atoms with Gasteiger partial charge in [-0.15, -0.1) is 10.2 Å². The number of aryl methyl sites for hydroxylation is 1. The number of nitrogens with zero attached hydrogens (tertiary/aromatic N) is 3. The van der Waals surface area contributed by atoms with E-state index < -0.39 is 5.91 Å². The molecule has 0 fully saturated rings. The number of carbonyl (C=O) groups excluding carboxylic acids is 1. The van der Waals surface area contributed by atoms with Crippen molar-refractivity contribution in [3.63, 3.8) is 0 Å². The molecule has 1 amide bonds. The summed E-state index contributed by atoms with van der Waals surface area (Å²) >= 11 is 11.9. The number of azo groups is 1. The Morgan fingerprint density at radius 1 is 1.16 bits per heavy atom. The number of rotatable bonds is 9. The molecule has 0 atom stereocenters. The summed E-state index contributed by atoms with van der Waals surface area (Å²) in [6.07, 6.45) is 3.01. The first-order valence-corrected chi connectivity index (χ1v) is 10.6. The number of fused-ring (bicyclic) bond motifs is 1. The number of hydrogen-bond donors (Lipinski definition) is 1. The van der Waals surface area contributed by atoms with Crippen molar-refractivity contribution >= 4 is 45.7 Å². The van der Waals surface area contributed by atoms with Crippen LogP contribution in [-0.4, -0.2) is 29.3 Å². The number of halogens is 2. The smallest absolute Gasteiger partial charge is 0.302 e. The Hall–Kier alpha value is -2.77. The third-order valence-corrected chi connectivity index (χ3v) is 5.24. The zero-order valence-electron chi connectivity index (χ0n) is 17.3. The van der Waals surface area contributed by atoms with Crippen LogP contribution in [0, 0.1) is 0 Å². The molecule has 0 saturated carbocycles. The number of benzene rings is 2. The fraction of sp³-hybridized carbons (Fsp3) is 0.318. The van der Waals surface area contributed by atoms with Crippen molar-refractivity contribution in [2.45, 2.75) is 32.7 Å². The van der Waals surface area contributed by atoms with E-state index in [2.05, 4.69) is 17.2 Å². The van der Waals surface area contributed by atoms with Crippen LogP contribution in [0.15, 0.2) is 46.6 Å². The fourth-order valence-electron chi connectivity index (χ4n) is 3.14. The molecule has 2 aromatic carbocycles. The maximum Gasteiger partial charge on any atom is 0.302 e. The van der Waals surface area contributed by atoms with E-state index in [1.807, 2.05) is 12.1 Å². The molecule has 164 valence electrons. The fourth-order valence-corrected chi connectivity index (χ4v) is 3.60. The quantitative estimate of drug-likeness (QED) is 0.288. The molecule has 0 aliphatic heterocycles. The Morgan fingerprint density at radius 3 is 2.68 bits per heavy atom. The van der Waals surface area contributed by atoms with Crippen LogP contribution in [0.4, 0.5) is 5.69 Å². The normalized spacial score (nSPS) is 11.4. The van der Waals surface area contributed by atoms with E-state index in [1.54, 1.807) is 29.9 Å². The Labute approximate surface area is 190 Å². The number of aromatic nitrogens is 1. The first kappa shape index (κ1) is 22.9. The van der Waals surface area contributed by atoms with Crippen LogP contribution < -0.4 is 9.47 Å². The van der Waals surface area contributed by atoms with Gasteiger partial charge in [0.2, 0.25) is 5.88 Å². The van der Waals surface area contributed by atoms with Crippen molar-refractivity contribution in [2.24, 2.45) is 10.2 Å². The van der Waals surface area contributed by atoms with Crippen molar-refractivity contribution in [1.29, 1.82) is 0 Å². The summed E-state index contributed by atoms with van der Waals surface area (Å²) in [6, 6.07) is 10.1. The van der Waals surface area contributed by atoms with E-state index in [0.29, 0.717) is 28.5 Å². The average molecular weight is 464 g/mol. The van der Waals surface area contributed by atoms with E-state index in [9.17, 15) is 9.90 Å². The minimum atomic E-state index is -0.625. The maximum absolute atomic E-state index is 12.2. The molecule has 0 spiro atoms. The minimum Gasteiger partial charge on any atom is -0.497 e. The number of methoxy groups -OCH3 is 1. The molecule has 1 N–H and O–H groups in total. The molecule has 1 aromatic heterocycles. The number of carbonyl (C=O) groups is 1. The van der Waals surface area contributed by atoms with Gasteiger partial charge in [0.1, 0.15) is 11.5 Å². The Bertz CT molecular complexity index is 1110. The lowest BCUT2D eigenvalue weighted by molar-refractivity contribution is -0.120. The molecular formula is C22H23Cl2N3O4. The molecule has 0 unspecified atom stereocenters. The second-order valence-electron chi connectivity index (χ2n) is 6.87. The maximum atomic E-state index is 12.2. The van der Waals surface area contributed by atoms with Gasteiger partial charge >= 0.3 is 5.91 Å². The molecule has 31 heavy (non-hydrogen) atoms. The topological polar surface area (TPSA) is 85.4 Å². The van der Waals surface area contributed by atoms with E-state index in [0.717, 1.165) is 24.8 Å². The summed E-state index contributed by atoms with van der Waals surface area (Å²) in [5, 5.41) is 19.9. The highest BCUT2D eigenvalue weighted by atomic mass is 35.5. The molecule has 0 aliphatic carbocycles. The molecule has 9 heteroatoms. The van der Waals surface area contributed by atoms with Gasteiger partial charge in [-0.3, -0.25) is 4.79 Å². The summed E-state index contributed by atoms with van der Waals surface area (Å²) in [4.78, 5) is 12.2. The SMILES string of the molecule is CCCCCn1c(O)c(N=NC(=O)COc2ccc(Cl)cc2Cl)c2cc(OC)ccc21. The number of amides is 1. The Morgan fingerprint density at radius 2 is 1.97 bits per heavy atom. The van der Waals surface area contributed by atoms with Gasteiger partial charge in [-0.05, 0) is 42.8 Å². The van der Waals surface area contributed by atoms with Crippen LogP contribution in [0.2, 0.25) is 10.0 Å². The molecular weight excluding hydrogens is 441 g/mol. The highest BCUT2D eigenvalue weighted by molar-refractivity contribution is 6.35. The average Bonchev–Trinajstić information content (AvgIpc) is 3.02. The third kappa shape index (κ3) is 5.48. The van der Waals surface area contributed by atoms with Crippen molar-refractivity contribution in [2.75, 3.05) is 13.7 Å². The molecule has 1 heterocycles. The van der Waals surface area contributed by atoms with Crippen molar-refractivity contribution in [1.82, 2.24) is 4.57 Å². The Kier molecular flexibility index (Phi) is 7.76. The Balaban J connectivity index is 1.82. The van der Waals surface area contributed by atoms with E-state index in [1.165, 1.54) is 6.07 Å². The first-order valence-electron chi connectivity index (χ1n) is 9.86. The lowest BCUT2D eigenvalue weighted by Gasteiger charge is -2.06. The van der Waals surface area contributed by atoms with Crippen molar-refractivity contribution < 1.29 is 19.4 Å². The number of unbranched alkanes of at least 4 members (excludes halogenated alkanes) is 2. The van der Waals surface area contributed by atoms with Crippen LogP contribution >= 0.6 is 23.2 Å².